The van der Waals surface area contributed by atoms with Crippen LogP contribution in [0.2, 0.25) is 0 Å². The number of piperidine rings is 1. The van der Waals surface area contributed by atoms with Crippen molar-refractivity contribution in [3.05, 3.63) is 0 Å². The Balaban J connectivity index is 2.10. The molecule has 0 aromatic carbocycles. The van der Waals surface area contributed by atoms with Crippen molar-refractivity contribution in [2.24, 2.45) is 5.92 Å². The van der Waals surface area contributed by atoms with Gasteiger partial charge in [0.15, 0.2) is 0 Å². The lowest BCUT2D eigenvalue weighted by Crippen LogP contribution is -2.53. The molecular weight excluding hydrogens is 206 g/mol. The van der Waals surface area contributed by atoms with Crippen molar-refractivity contribution in [1.82, 2.24) is 15.5 Å². The van der Waals surface area contributed by atoms with E-state index in [1.54, 1.807) is 7.05 Å². The first-order valence-corrected chi connectivity index (χ1v) is 5.90. The van der Waals surface area contributed by atoms with Gasteiger partial charge in [-0.05, 0) is 26.8 Å². The molecule has 0 aromatic rings. The highest BCUT2D eigenvalue weighted by Gasteiger charge is 2.43. The van der Waals surface area contributed by atoms with E-state index in [9.17, 15) is 9.59 Å². The fourth-order valence-electron chi connectivity index (χ4n) is 2.60. The highest BCUT2D eigenvalue weighted by atomic mass is 16.2. The quantitative estimate of drug-likeness (QED) is 0.655. The fraction of sp³-hybridized carbons (Fsp3) is 0.818. The van der Waals surface area contributed by atoms with Crippen LogP contribution >= 0.6 is 0 Å². The van der Waals surface area contributed by atoms with Crippen molar-refractivity contribution >= 4 is 11.8 Å². The average Bonchev–Trinajstić information content (AvgIpc) is 2.69. The van der Waals surface area contributed by atoms with Gasteiger partial charge in [0, 0.05) is 13.1 Å². The molecule has 5 heteroatoms. The van der Waals surface area contributed by atoms with Crippen LogP contribution in [0.25, 0.3) is 0 Å². The van der Waals surface area contributed by atoms with Crippen LogP contribution in [0.4, 0.5) is 0 Å². The van der Waals surface area contributed by atoms with Crippen LogP contribution in [0.15, 0.2) is 0 Å². The van der Waals surface area contributed by atoms with Crippen molar-refractivity contribution in [2.75, 3.05) is 20.1 Å². The Morgan fingerprint density at radius 1 is 1.62 bits per heavy atom. The standard InChI is InChI=1S/C11H19N3O2/c1-7(12-2)11(16)14-5-3-4-8-9(14)6-13-10(8)15/h7-9,12H,3-6H2,1-2H3,(H,13,15). The molecule has 0 aliphatic carbocycles. The molecule has 0 aromatic heterocycles. The first kappa shape index (κ1) is 11.4. The molecule has 2 amide bonds. The maximum atomic E-state index is 12.1. The van der Waals surface area contributed by atoms with E-state index in [1.807, 2.05) is 11.8 Å². The van der Waals surface area contributed by atoms with Crippen molar-refractivity contribution in [1.29, 1.82) is 0 Å². The SMILES string of the molecule is CNC(C)C(=O)N1CCCC2C(=O)NCC21. The highest BCUT2D eigenvalue weighted by molar-refractivity contribution is 5.86. The van der Waals surface area contributed by atoms with Crippen LogP contribution in [0, 0.1) is 5.92 Å². The summed E-state index contributed by atoms with van der Waals surface area (Å²) in [7, 11) is 1.78. The largest absolute Gasteiger partial charge is 0.354 e. The lowest BCUT2D eigenvalue weighted by molar-refractivity contribution is -0.138. The number of nitrogens with zero attached hydrogens (tertiary/aromatic N) is 1. The second kappa shape index (κ2) is 4.41. The maximum absolute atomic E-state index is 12.1. The van der Waals surface area contributed by atoms with Gasteiger partial charge in [-0.2, -0.15) is 0 Å². The Bertz CT molecular complexity index is 306. The molecule has 0 saturated carbocycles. The highest BCUT2D eigenvalue weighted by Crippen LogP contribution is 2.27. The summed E-state index contributed by atoms with van der Waals surface area (Å²) in [6.45, 7) is 3.25. The normalized spacial score (nSPS) is 30.9. The van der Waals surface area contributed by atoms with Crippen LogP contribution < -0.4 is 10.6 Å². The molecule has 3 atom stereocenters. The second-order valence-corrected chi connectivity index (χ2v) is 4.60. The molecule has 2 fully saturated rings. The summed E-state index contributed by atoms with van der Waals surface area (Å²) in [6, 6.07) is -0.0981. The number of hydrogen-bond acceptors (Lipinski definition) is 3. The summed E-state index contributed by atoms with van der Waals surface area (Å²) in [4.78, 5) is 25.5. The van der Waals surface area contributed by atoms with Crippen LogP contribution in [-0.2, 0) is 9.59 Å². The van der Waals surface area contributed by atoms with E-state index >= 15 is 0 Å². The zero-order chi connectivity index (χ0) is 11.7. The molecule has 2 aliphatic rings. The van der Waals surface area contributed by atoms with Gasteiger partial charge < -0.3 is 15.5 Å². The van der Waals surface area contributed by atoms with Gasteiger partial charge in [0.05, 0.1) is 18.0 Å². The molecule has 0 bridgehead atoms. The average molecular weight is 225 g/mol. The number of nitrogens with one attached hydrogen (secondary N) is 2. The van der Waals surface area contributed by atoms with Crippen molar-refractivity contribution < 1.29 is 9.59 Å². The number of hydrogen-bond donors (Lipinski definition) is 2. The van der Waals surface area contributed by atoms with Gasteiger partial charge in [-0.1, -0.05) is 0 Å². The first-order chi connectivity index (χ1) is 7.65. The third-order valence-corrected chi connectivity index (χ3v) is 3.69. The number of amides is 2. The van der Waals surface area contributed by atoms with E-state index in [1.165, 1.54) is 0 Å². The Labute approximate surface area is 95.6 Å². The third kappa shape index (κ3) is 1.80. The van der Waals surface area contributed by atoms with Crippen LogP contribution in [0.5, 0.6) is 0 Å². The first-order valence-electron chi connectivity index (χ1n) is 5.90. The Morgan fingerprint density at radius 2 is 2.38 bits per heavy atom. The van der Waals surface area contributed by atoms with Crippen LogP contribution in [0.3, 0.4) is 0 Å². The van der Waals surface area contributed by atoms with Crippen molar-refractivity contribution in [2.45, 2.75) is 31.8 Å². The third-order valence-electron chi connectivity index (χ3n) is 3.69. The number of fused-ring (bicyclic) bond motifs is 1. The van der Waals surface area contributed by atoms with Gasteiger partial charge >= 0.3 is 0 Å². The zero-order valence-electron chi connectivity index (χ0n) is 9.82. The lowest BCUT2D eigenvalue weighted by atomic mass is 9.91. The monoisotopic (exact) mass is 225 g/mol. The molecule has 0 radical (unpaired) electrons. The van der Waals surface area contributed by atoms with Gasteiger partial charge in [0.2, 0.25) is 11.8 Å². The van der Waals surface area contributed by atoms with Crippen molar-refractivity contribution in [3.63, 3.8) is 0 Å². The van der Waals surface area contributed by atoms with Gasteiger partial charge in [0.25, 0.3) is 0 Å². The summed E-state index contributed by atoms with van der Waals surface area (Å²) >= 11 is 0. The molecule has 2 saturated heterocycles. The smallest absolute Gasteiger partial charge is 0.239 e. The van der Waals surface area contributed by atoms with Gasteiger partial charge in [0.1, 0.15) is 0 Å². The molecule has 16 heavy (non-hydrogen) atoms. The maximum Gasteiger partial charge on any atom is 0.239 e. The number of carbonyl (C=O) groups is 2. The summed E-state index contributed by atoms with van der Waals surface area (Å²) < 4.78 is 0. The predicted molar refractivity (Wildman–Crippen MR) is 59.8 cm³/mol. The van der Waals surface area contributed by atoms with E-state index in [4.69, 9.17) is 0 Å². The second-order valence-electron chi connectivity index (χ2n) is 4.60. The number of rotatable bonds is 2. The molecule has 90 valence electrons. The van der Waals surface area contributed by atoms with E-state index < -0.39 is 0 Å². The topological polar surface area (TPSA) is 61.4 Å². The van der Waals surface area contributed by atoms with E-state index in [2.05, 4.69) is 10.6 Å². The molecular formula is C11H19N3O2. The fourth-order valence-corrected chi connectivity index (χ4v) is 2.60. The van der Waals surface area contributed by atoms with Gasteiger partial charge in [-0.25, -0.2) is 0 Å². The molecule has 0 spiro atoms. The van der Waals surface area contributed by atoms with E-state index in [-0.39, 0.29) is 29.8 Å². The minimum atomic E-state index is -0.172. The van der Waals surface area contributed by atoms with E-state index in [0.29, 0.717) is 6.54 Å². The van der Waals surface area contributed by atoms with E-state index in [0.717, 1.165) is 19.4 Å². The Hall–Kier alpha value is -1.10. The van der Waals surface area contributed by atoms with Gasteiger partial charge in [-0.15, -0.1) is 0 Å². The van der Waals surface area contributed by atoms with Crippen LogP contribution in [-0.4, -0.2) is 48.9 Å². The van der Waals surface area contributed by atoms with Crippen molar-refractivity contribution in [3.8, 4) is 0 Å². The zero-order valence-corrected chi connectivity index (χ0v) is 9.82. The minimum absolute atomic E-state index is 0.0155. The summed E-state index contributed by atoms with van der Waals surface area (Å²) in [5, 5.41) is 5.81. The molecule has 5 nitrogen and oxygen atoms in total. The molecule has 2 rings (SSSR count). The lowest BCUT2D eigenvalue weighted by Gasteiger charge is -2.37. The number of carbonyl (C=O) groups excluding carboxylic acids is 2. The summed E-state index contributed by atoms with van der Waals surface area (Å²) in [6.07, 6.45) is 1.84. The molecule has 2 aliphatic heterocycles. The summed E-state index contributed by atoms with van der Waals surface area (Å²) in [5.41, 5.74) is 0. The number of likely N-dealkylation sites (N-methyl/N-ethyl adjacent to an activating group) is 1. The van der Waals surface area contributed by atoms with Gasteiger partial charge in [-0.3, -0.25) is 9.59 Å². The molecule has 2 N–H and O–H groups in total. The van der Waals surface area contributed by atoms with Crippen LogP contribution in [0.1, 0.15) is 19.8 Å². The number of likely N-dealkylation sites (tertiary alicyclic amines) is 1. The molecule has 3 unspecified atom stereocenters. The Morgan fingerprint density at radius 3 is 3.06 bits per heavy atom. The predicted octanol–water partition coefficient (Wildman–Crippen LogP) is -0.669. The minimum Gasteiger partial charge on any atom is -0.354 e. The Kier molecular flexibility index (Phi) is 3.14. The summed E-state index contributed by atoms with van der Waals surface area (Å²) in [5.74, 6) is 0.232. The molecule has 2 heterocycles.